The molecule has 8 heteroatoms. The maximum atomic E-state index is 14.1. The summed E-state index contributed by atoms with van der Waals surface area (Å²) in [5.74, 6) is -2.11. The number of anilines is 1. The second-order valence-electron chi connectivity index (χ2n) is 6.73. The molecule has 0 saturated carbocycles. The highest BCUT2D eigenvalue weighted by Gasteiger charge is 2.23. The van der Waals surface area contributed by atoms with Crippen LogP contribution in [0.4, 0.5) is 14.5 Å². The van der Waals surface area contributed by atoms with Crippen molar-refractivity contribution in [2.75, 3.05) is 5.32 Å². The molecule has 1 atom stereocenters. The zero-order valence-electron chi connectivity index (χ0n) is 15.7. The van der Waals surface area contributed by atoms with E-state index in [1.165, 1.54) is 0 Å². The van der Waals surface area contributed by atoms with Crippen LogP contribution in [0, 0.1) is 11.6 Å². The van der Waals surface area contributed by atoms with Crippen LogP contribution >= 0.6 is 27.5 Å². The van der Waals surface area contributed by atoms with Gasteiger partial charge in [-0.3, -0.25) is 9.48 Å². The number of carbonyl (C=O) groups is 1. The quantitative estimate of drug-likeness (QED) is 0.350. The number of aromatic nitrogens is 2. The molecule has 1 heterocycles. The van der Waals surface area contributed by atoms with Crippen molar-refractivity contribution in [3.8, 4) is 11.3 Å². The SMILES string of the molecule is C[C@H](C(=O)Nc1c(F)cc(F)cc1Br)n1nc(-c2ccccc2)c2cc(Cl)ccc21. The lowest BCUT2D eigenvalue weighted by atomic mass is 10.1. The molecule has 0 radical (unpaired) electrons. The Kier molecular flexibility index (Phi) is 5.58. The minimum Gasteiger partial charge on any atom is -0.321 e. The van der Waals surface area contributed by atoms with Gasteiger partial charge in [-0.2, -0.15) is 5.10 Å². The van der Waals surface area contributed by atoms with E-state index in [2.05, 4.69) is 26.3 Å². The molecule has 4 rings (SSSR count). The molecule has 0 bridgehead atoms. The van der Waals surface area contributed by atoms with E-state index in [1.807, 2.05) is 30.3 Å². The van der Waals surface area contributed by atoms with Crippen LogP contribution in [0.2, 0.25) is 5.02 Å². The number of benzene rings is 3. The number of halogens is 4. The molecule has 0 spiro atoms. The lowest BCUT2D eigenvalue weighted by Gasteiger charge is -2.15. The predicted octanol–water partition coefficient (Wildman–Crippen LogP) is 6.60. The second kappa shape index (κ2) is 8.16. The van der Waals surface area contributed by atoms with Gasteiger partial charge in [-0.05, 0) is 47.1 Å². The van der Waals surface area contributed by atoms with Gasteiger partial charge in [0.05, 0.1) is 11.2 Å². The maximum Gasteiger partial charge on any atom is 0.249 e. The average molecular weight is 491 g/mol. The van der Waals surface area contributed by atoms with Crippen LogP contribution in [-0.2, 0) is 4.79 Å². The highest BCUT2D eigenvalue weighted by atomic mass is 79.9. The topological polar surface area (TPSA) is 46.9 Å². The molecule has 1 amide bonds. The van der Waals surface area contributed by atoms with Crippen LogP contribution < -0.4 is 5.32 Å². The van der Waals surface area contributed by atoms with Crippen molar-refractivity contribution in [1.29, 1.82) is 0 Å². The van der Waals surface area contributed by atoms with Gasteiger partial charge in [0, 0.05) is 26.5 Å². The average Bonchev–Trinajstić information content (AvgIpc) is 3.09. The summed E-state index contributed by atoms with van der Waals surface area (Å²) in [6.07, 6.45) is 0. The lowest BCUT2D eigenvalue weighted by Crippen LogP contribution is -2.25. The van der Waals surface area contributed by atoms with E-state index in [4.69, 9.17) is 11.6 Å². The van der Waals surface area contributed by atoms with E-state index >= 15 is 0 Å². The normalized spacial score (nSPS) is 12.2. The largest absolute Gasteiger partial charge is 0.321 e. The molecular formula is C22H15BrClF2N3O. The van der Waals surface area contributed by atoms with Crippen molar-refractivity contribution in [2.24, 2.45) is 0 Å². The highest BCUT2D eigenvalue weighted by Crippen LogP contribution is 2.33. The first-order valence-electron chi connectivity index (χ1n) is 9.03. The summed E-state index contributed by atoms with van der Waals surface area (Å²) in [6.45, 7) is 1.65. The second-order valence-corrected chi connectivity index (χ2v) is 8.02. The fraction of sp³-hybridized carbons (Fsp3) is 0.0909. The van der Waals surface area contributed by atoms with E-state index < -0.39 is 23.6 Å². The lowest BCUT2D eigenvalue weighted by molar-refractivity contribution is -0.119. The van der Waals surface area contributed by atoms with Crippen LogP contribution in [0.3, 0.4) is 0 Å². The Morgan fingerprint density at radius 2 is 1.87 bits per heavy atom. The summed E-state index contributed by atoms with van der Waals surface area (Å²) in [5, 5.41) is 8.51. The Balaban J connectivity index is 1.75. The molecule has 0 aliphatic rings. The predicted molar refractivity (Wildman–Crippen MR) is 118 cm³/mol. The fourth-order valence-corrected chi connectivity index (χ4v) is 3.90. The number of rotatable bonds is 4. The number of fused-ring (bicyclic) bond motifs is 1. The Bertz CT molecular complexity index is 1240. The van der Waals surface area contributed by atoms with Gasteiger partial charge >= 0.3 is 0 Å². The molecule has 3 aromatic carbocycles. The van der Waals surface area contributed by atoms with Crippen molar-refractivity contribution in [1.82, 2.24) is 9.78 Å². The van der Waals surface area contributed by atoms with Crippen molar-refractivity contribution < 1.29 is 13.6 Å². The molecule has 1 N–H and O–H groups in total. The van der Waals surface area contributed by atoms with Gasteiger partial charge in [-0.25, -0.2) is 8.78 Å². The third kappa shape index (κ3) is 3.82. The molecule has 0 unspecified atom stereocenters. The van der Waals surface area contributed by atoms with E-state index in [0.29, 0.717) is 22.3 Å². The molecule has 30 heavy (non-hydrogen) atoms. The van der Waals surface area contributed by atoms with Crippen molar-refractivity contribution >= 4 is 50.0 Å². The van der Waals surface area contributed by atoms with Gasteiger partial charge in [0.15, 0.2) is 5.82 Å². The van der Waals surface area contributed by atoms with Gasteiger partial charge in [-0.1, -0.05) is 41.9 Å². The first kappa shape index (κ1) is 20.5. The zero-order chi connectivity index (χ0) is 21.4. The summed E-state index contributed by atoms with van der Waals surface area (Å²) in [6, 6.07) is 15.9. The minimum absolute atomic E-state index is 0.114. The van der Waals surface area contributed by atoms with Crippen LogP contribution in [0.15, 0.2) is 65.1 Å². The van der Waals surface area contributed by atoms with Gasteiger partial charge in [0.2, 0.25) is 5.91 Å². The van der Waals surface area contributed by atoms with Crippen LogP contribution in [0.1, 0.15) is 13.0 Å². The standard InChI is InChI=1S/C22H15BrClF2N3O/c1-12(22(30)27-21-17(23)10-15(25)11-18(21)26)29-19-8-7-14(24)9-16(19)20(28-29)13-5-3-2-4-6-13/h2-12H,1H3,(H,27,30)/t12-/m1/s1. The van der Waals surface area contributed by atoms with Crippen molar-refractivity contribution in [2.45, 2.75) is 13.0 Å². The summed E-state index contributed by atoms with van der Waals surface area (Å²) in [4.78, 5) is 12.9. The van der Waals surface area contributed by atoms with Crippen molar-refractivity contribution in [3.63, 3.8) is 0 Å². The molecular weight excluding hydrogens is 476 g/mol. The van der Waals surface area contributed by atoms with Crippen LogP contribution in [0.5, 0.6) is 0 Å². The Hall–Kier alpha value is -2.77. The van der Waals surface area contributed by atoms with Crippen LogP contribution in [-0.4, -0.2) is 15.7 Å². The van der Waals surface area contributed by atoms with E-state index in [1.54, 1.807) is 29.8 Å². The number of amides is 1. The summed E-state index contributed by atoms with van der Waals surface area (Å²) in [5.41, 5.74) is 2.14. The van der Waals surface area contributed by atoms with Crippen LogP contribution in [0.25, 0.3) is 22.2 Å². The molecule has 4 nitrogen and oxygen atoms in total. The number of hydrogen-bond acceptors (Lipinski definition) is 2. The van der Waals surface area contributed by atoms with Gasteiger partial charge in [-0.15, -0.1) is 0 Å². The number of nitrogens with one attached hydrogen (secondary N) is 1. The molecule has 0 saturated heterocycles. The van der Waals surface area contributed by atoms with Gasteiger partial charge in [0.25, 0.3) is 0 Å². The number of carbonyl (C=O) groups excluding carboxylic acids is 1. The molecule has 1 aromatic heterocycles. The smallest absolute Gasteiger partial charge is 0.249 e. The number of nitrogens with zero attached hydrogens (tertiary/aromatic N) is 2. The zero-order valence-corrected chi connectivity index (χ0v) is 18.0. The summed E-state index contributed by atoms with van der Waals surface area (Å²) < 4.78 is 29.2. The third-order valence-electron chi connectivity index (χ3n) is 4.72. The van der Waals surface area contributed by atoms with E-state index in [9.17, 15) is 13.6 Å². The van der Waals surface area contributed by atoms with Crippen molar-refractivity contribution in [3.05, 3.63) is 81.8 Å². The first-order chi connectivity index (χ1) is 14.3. The molecule has 0 aliphatic carbocycles. The summed E-state index contributed by atoms with van der Waals surface area (Å²) in [7, 11) is 0. The van der Waals surface area contributed by atoms with E-state index in [0.717, 1.165) is 17.0 Å². The monoisotopic (exact) mass is 489 g/mol. The molecule has 4 aromatic rings. The third-order valence-corrected chi connectivity index (χ3v) is 5.58. The van der Waals surface area contributed by atoms with E-state index in [-0.39, 0.29) is 10.2 Å². The first-order valence-corrected chi connectivity index (χ1v) is 10.2. The van der Waals surface area contributed by atoms with Gasteiger partial charge < -0.3 is 5.32 Å². The highest BCUT2D eigenvalue weighted by molar-refractivity contribution is 9.10. The Labute approximate surface area is 184 Å². The Morgan fingerprint density at radius 1 is 1.13 bits per heavy atom. The fourth-order valence-electron chi connectivity index (χ4n) is 3.22. The number of hydrogen-bond donors (Lipinski definition) is 1. The minimum atomic E-state index is -0.871. The summed E-state index contributed by atoms with van der Waals surface area (Å²) >= 11 is 9.27. The molecule has 152 valence electrons. The molecule has 0 aliphatic heterocycles. The molecule has 0 fully saturated rings. The van der Waals surface area contributed by atoms with Gasteiger partial charge in [0.1, 0.15) is 17.6 Å². The Morgan fingerprint density at radius 3 is 2.57 bits per heavy atom. The maximum absolute atomic E-state index is 14.1.